The summed E-state index contributed by atoms with van der Waals surface area (Å²) in [5, 5.41) is 4.24. The second-order valence-corrected chi connectivity index (χ2v) is 7.81. The summed E-state index contributed by atoms with van der Waals surface area (Å²) in [5.74, 6) is 1.73. The summed E-state index contributed by atoms with van der Waals surface area (Å²) in [6.45, 7) is 2.91. The number of hydrogen-bond donors (Lipinski definition) is 2. The third kappa shape index (κ3) is 4.18. The van der Waals surface area contributed by atoms with E-state index in [9.17, 15) is 0 Å². The van der Waals surface area contributed by atoms with Gasteiger partial charge in [-0.15, -0.1) is 0 Å². The summed E-state index contributed by atoms with van der Waals surface area (Å²) in [6, 6.07) is 10.1. The molecule has 0 saturated carbocycles. The number of nitrogens with zero attached hydrogens (tertiary/aromatic N) is 4. The van der Waals surface area contributed by atoms with Crippen LogP contribution in [0.5, 0.6) is 5.75 Å². The Kier molecular flexibility index (Phi) is 5.59. The summed E-state index contributed by atoms with van der Waals surface area (Å²) in [4.78, 5) is 16.0. The third-order valence-corrected chi connectivity index (χ3v) is 5.63. The molecule has 3 aromatic rings. The molecule has 146 valence electrons. The van der Waals surface area contributed by atoms with E-state index >= 15 is 0 Å². The van der Waals surface area contributed by atoms with Crippen LogP contribution < -0.4 is 15.8 Å². The molecule has 0 spiro atoms. The maximum absolute atomic E-state index is 6.18. The van der Waals surface area contributed by atoms with Crippen molar-refractivity contribution in [1.29, 1.82) is 0 Å². The minimum atomic E-state index is 0.328. The fourth-order valence-corrected chi connectivity index (χ4v) is 4.04. The number of aromatic nitrogens is 3. The molecule has 1 aliphatic rings. The van der Waals surface area contributed by atoms with Crippen molar-refractivity contribution >= 4 is 38.6 Å². The van der Waals surface area contributed by atoms with Crippen molar-refractivity contribution in [1.82, 2.24) is 19.9 Å². The minimum Gasteiger partial charge on any atom is -0.497 e. The number of benzene rings is 1. The van der Waals surface area contributed by atoms with Gasteiger partial charge in [0.05, 0.1) is 18.3 Å². The van der Waals surface area contributed by atoms with Gasteiger partial charge in [-0.05, 0) is 53.0 Å². The van der Waals surface area contributed by atoms with Crippen molar-refractivity contribution in [2.45, 2.75) is 25.4 Å². The Morgan fingerprint density at radius 2 is 2.07 bits per heavy atom. The number of piperidine rings is 1. The molecular formula is C20H23BrN6O. The lowest BCUT2D eigenvalue weighted by Crippen LogP contribution is -2.39. The number of methoxy groups -OCH3 is 1. The van der Waals surface area contributed by atoms with E-state index in [2.05, 4.69) is 47.2 Å². The molecule has 28 heavy (non-hydrogen) atoms. The van der Waals surface area contributed by atoms with Crippen molar-refractivity contribution in [2.75, 3.05) is 31.2 Å². The Balaban J connectivity index is 1.42. The van der Waals surface area contributed by atoms with E-state index in [-0.39, 0.29) is 0 Å². The molecule has 3 heterocycles. The first-order chi connectivity index (χ1) is 13.6. The number of nitrogens with one attached hydrogen (secondary N) is 1. The zero-order valence-electron chi connectivity index (χ0n) is 15.7. The van der Waals surface area contributed by atoms with Gasteiger partial charge in [0.2, 0.25) is 5.95 Å². The van der Waals surface area contributed by atoms with Crippen LogP contribution >= 0.6 is 15.9 Å². The van der Waals surface area contributed by atoms with Crippen molar-refractivity contribution in [3.05, 3.63) is 46.7 Å². The molecule has 0 unspecified atom stereocenters. The maximum atomic E-state index is 6.18. The Morgan fingerprint density at radius 3 is 2.79 bits per heavy atom. The molecule has 2 aromatic heterocycles. The molecule has 0 atom stereocenters. The molecule has 1 saturated heterocycles. The van der Waals surface area contributed by atoms with Crippen molar-refractivity contribution in [2.24, 2.45) is 0 Å². The molecular weight excluding hydrogens is 420 g/mol. The molecule has 0 aliphatic carbocycles. The molecule has 1 fully saturated rings. The van der Waals surface area contributed by atoms with Crippen LogP contribution in [0, 0.1) is 0 Å². The quantitative estimate of drug-likeness (QED) is 0.624. The molecule has 0 bridgehead atoms. The van der Waals surface area contributed by atoms with Gasteiger partial charge >= 0.3 is 0 Å². The van der Waals surface area contributed by atoms with Gasteiger partial charge in [0.1, 0.15) is 11.6 Å². The Morgan fingerprint density at radius 1 is 1.25 bits per heavy atom. The predicted molar refractivity (Wildman–Crippen MR) is 114 cm³/mol. The number of hydrogen-bond acceptors (Lipinski definition) is 7. The van der Waals surface area contributed by atoms with Gasteiger partial charge in [-0.2, -0.15) is 4.98 Å². The molecule has 8 heteroatoms. The summed E-state index contributed by atoms with van der Waals surface area (Å²) in [6.07, 6.45) is 3.90. The van der Waals surface area contributed by atoms with Crippen molar-refractivity contribution in [3.8, 4) is 5.75 Å². The van der Waals surface area contributed by atoms with Crippen LogP contribution in [0.4, 0.5) is 11.8 Å². The zero-order chi connectivity index (χ0) is 19.5. The fraction of sp³-hybridized carbons (Fsp3) is 0.350. The molecule has 0 radical (unpaired) electrons. The molecule has 0 amide bonds. The SMILES string of the molecule is COc1cc(Br)c2nc(NC3CCN(Cc4ccccn4)CC3)nc(N)c2c1. The highest BCUT2D eigenvalue weighted by molar-refractivity contribution is 9.10. The predicted octanol–water partition coefficient (Wildman–Crippen LogP) is 3.45. The van der Waals surface area contributed by atoms with E-state index in [4.69, 9.17) is 10.5 Å². The zero-order valence-corrected chi connectivity index (χ0v) is 17.3. The monoisotopic (exact) mass is 442 g/mol. The molecule has 1 aliphatic heterocycles. The van der Waals surface area contributed by atoms with Crippen molar-refractivity contribution in [3.63, 3.8) is 0 Å². The van der Waals surface area contributed by atoms with E-state index in [1.807, 2.05) is 30.5 Å². The highest BCUT2D eigenvalue weighted by Crippen LogP contribution is 2.31. The van der Waals surface area contributed by atoms with Crippen LogP contribution in [0.1, 0.15) is 18.5 Å². The second kappa shape index (κ2) is 8.28. The van der Waals surface area contributed by atoms with E-state index in [1.54, 1.807) is 7.11 Å². The molecule has 7 nitrogen and oxygen atoms in total. The van der Waals surface area contributed by atoms with Crippen LogP contribution in [-0.2, 0) is 6.54 Å². The first kappa shape index (κ1) is 18.9. The number of likely N-dealkylation sites (tertiary alicyclic amines) is 1. The highest BCUT2D eigenvalue weighted by Gasteiger charge is 2.21. The lowest BCUT2D eigenvalue weighted by atomic mass is 10.1. The van der Waals surface area contributed by atoms with Gasteiger partial charge in [0.25, 0.3) is 0 Å². The van der Waals surface area contributed by atoms with Crippen molar-refractivity contribution < 1.29 is 4.74 Å². The smallest absolute Gasteiger partial charge is 0.225 e. The number of ether oxygens (including phenoxy) is 1. The van der Waals surface area contributed by atoms with Crippen LogP contribution in [-0.4, -0.2) is 46.1 Å². The van der Waals surface area contributed by atoms with E-state index in [0.717, 1.165) is 59.3 Å². The van der Waals surface area contributed by atoms with Gasteiger partial charge in [-0.1, -0.05) is 6.07 Å². The number of rotatable bonds is 5. The Hall–Kier alpha value is -2.45. The van der Waals surface area contributed by atoms with Gasteiger partial charge in [0.15, 0.2) is 0 Å². The van der Waals surface area contributed by atoms with Crippen LogP contribution in [0.25, 0.3) is 10.9 Å². The number of anilines is 2. The summed E-state index contributed by atoms with van der Waals surface area (Å²) in [7, 11) is 1.63. The molecule has 3 N–H and O–H groups in total. The Bertz CT molecular complexity index is 960. The van der Waals surface area contributed by atoms with Crippen LogP contribution in [0.2, 0.25) is 0 Å². The highest BCUT2D eigenvalue weighted by atomic mass is 79.9. The van der Waals surface area contributed by atoms with E-state index in [0.29, 0.717) is 17.8 Å². The van der Waals surface area contributed by atoms with Crippen LogP contribution in [0.15, 0.2) is 41.0 Å². The second-order valence-electron chi connectivity index (χ2n) is 6.95. The third-order valence-electron chi connectivity index (χ3n) is 5.03. The van der Waals surface area contributed by atoms with E-state index < -0.39 is 0 Å². The first-order valence-corrected chi connectivity index (χ1v) is 10.1. The average Bonchev–Trinajstić information content (AvgIpc) is 2.71. The van der Waals surface area contributed by atoms with Gasteiger partial charge < -0.3 is 15.8 Å². The largest absolute Gasteiger partial charge is 0.497 e. The number of pyridine rings is 1. The maximum Gasteiger partial charge on any atom is 0.225 e. The summed E-state index contributed by atoms with van der Waals surface area (Å²) in [5.41, 5.74) is 8.07. The lowest BCUT2D eigenvalue weighted by molar-refractivity contribution is 0.209. The standard InChI is InChI=1S/C20H23BrN6O/c1-28-15-10-16-18(17(21)11-15)25-20(26-19(16)22)24-13-5-8-27(9-6-13)12-14-4-2-3-7-23-14/h2-4,7,10-11,13H,5-6,8-9,12H2,1H3,(H3,22,24,25,26). The number of halogens is 1. The number of fused-ring (bicyclic) bond motifs is 1. The molecule has 1 aromatic carbocycles. The Labute approximate surface area is 172 Å². The van der Waals surface area contributed by atoms with E-state index in [1.165, 1.54) is 0 Å². The average molecular weight is 443 g/mol. The normalized spacial score (nSPS) is 15.6. The van der Waals surface area contributed by atoms with Gasteiger partial charge in [-0.25, -0.2) is 4.98 Å². The lowest BCUT2D eigenvalue weighted by Gasteiger charge is -2.32. The first-order valence-electron chi connectivity index (χ1n) is 9.32. The number of nitrogen functional groups attached to an aromatic ring is 1. The van der Waals surface area contributed by atoms with Crippen LogP contribution in [0.3, 0.4) is 0 Å². The minimum absolute atomic E-state index is 0.328. The molecule has 4 rings (SSSR count). The summed E-state index contributed by atoms with van der Waals surface area (Å²) >= 11 is 3.56. The number of nitrogens with two attached hydrogens (primary N) is 1. The van der Waals surface area contributed by atoms with Gasteiger partial charge in [-0.3, -0.25) is 9.88 Å². The topological polar surface area (TPSA) is 89.2 Å². The van der Waals surface area contributed by atoms with Gasteiger partial charge in [0, 0.05) is 41.7 Å². The fourth-order valence-electron chi connectivity index (χ4n) is 3.51. The summed E-state index contributed by atoms with van der Waals surface area (Å²) < 4.78 is 6.13.